The fraction of sp³-hybridized carbons (Fsp3) is 0.923. The summed E-state index contributed by atoms with van der Waals surface area (Å²) in [6.45, 7) is -2.32. The third-order valence-electron chi connectivity index (χ3n) is 4.54. The van der Waals surface area contributed by atoms with Crippen molar-refractivity contribution < 1.29 is 43.8 Å². The molecular weight excluding hydrogens is 370 g/mol. The van der Waals surface area contributed by atoms with E-state index in [1.54, 1.807) is 0 Å². The maximum atomic E-state index is 14.7. The summed E-state index contributed by atoms with van der Waals surface area (Å²) in [5, 5.41) is 48.4. The van der Waals surface area contributed by atoms with Crippen LogP contribution in [0, 0.1) is 0 Å². The molecule has 0 radical (unpaired) electrons. The highest BCUT2D eigenvalue weighted by molar-refractivity contribution is 6.15. The minimum Gasteiger partial charge on any atom is -0.394 e. The van der Waals surface area contributed by atoms with Crippen molar-refractivity contribution in [1.29, 1.82) is 0 Å². The maximum Gasteiger partial charge on any atom is 0.320 e. The maximum absolute atomic E-state index is 14.7. The van der Waals surface area contributed by atoms with Crippen molar-refractivity contribution in [2.75, 3.05) is 19.7 Å². The number of hydrogen-bond acceptors (Lipinski definition) is 8. The van der Waals surface area contributed by atoms with Gasteiger partial charge in [0.2, 0.25) is 5.91 Å². The Labute approximate surface area is 146 Å². The van der Waals surface area contributed by atoms with Gasteiger partial charge in [-0.05, 0) is 24.6 Å². The fourth-order valence-corrected chi connectivity index (χ4v) is 3.21. The van der Waals surface area contributed by atoms with E-state index in [-0.39, 0.29) is 6.54 Å². The molecular formula is C13H21ClF2N2O7. The highest BCUT2D eigenvalue weighted by Crippen LogP contribution is 2.40. The molecule has 2 aliphatic heterocycles. The molecule has 0 aromatic rings. The molecule has 2 fully saturated rings. The molecule has 0 aliphatic carbocycles. The lowest BCUT2D eigenvalue weighted by Gasteiger charge is -2.49. The van der Waals surface area contributed by atoms with E-state index in [2.05, 4.69) is 9.57 Å². The molecule has 0 aromatic carbocycles. The second kappa shape index (κ2) is 7.53. The summed E-state index contributed by atoms with van der Waals surface area (Å²) < 4.78 is 34.0. The van der Waals surface area contributed by atoms with Gasteiger partial charge < -0.3 is 35.2 Å². The molecule has 2 heterocycles. The number of hydrogen-bond donors (Lipinski definition) is 6. The number of nitrogens with one attached hydrogen (secondary N) is 1. The molecule has 6 atom stereocenters. The second-order valence-corrected chi connectivity index (χ2v) is 6.45. The molecule has 25 heavy (non-hydrogen) atoms. The normalized spacial score (nSPS) is 40.4. The topological polar surface area (TPSA) is 143 Å². The number of carbonyl (C=O) groups is 1. The molecule has 2 rings (SSSR count). The Bertz CT molecular complexity index is 501. The van der Waals surface area contributed by atoms with Crippen LogP contribution in [0.1, 0.15) is 12.8 Å². The predicted molar refractivity (Wildman–Crippen MR) is 78.5 cm³/mol. The standard InChI is InChI=1S/C13H21ClF2N2O7/c14-17-6-2-1-3-18(11(6)23)5-12(15,16)13(24)10(22)9(21)8(20)7(4-19)25-13/h6-10,17,19-22,24H,1-5H2/t6-,7+,8-,9-,10+,13+/m0/s1. The van der Waals surface area contributed by atoms with Gasteiger partial charge in [0, 0.05) is 6.54 Å². The Hall–Kier alpha value is -0.660. The summed E-state index contributed by atoms with van der Waals surface area (Å²) in [5.41, 5.74) is 0. The second-order valence-electron chi connectivity index (χ2n) is 6.23. The van der Waals surface area contributed by atoms with E-state index >= 15 is 0 Å². The quantitative estimate of drug-likeness (QED) is 0.283. The number of halogens is 3. The average Bonchev–Trinajstić information content (AvgIpc) is 2.57. The molecule has 9 nitrogen and oxygen atoms in total. The van der Waals surface area contributed by atoms with Gasteiger partial charge in [0.1, 0.15) is 30.5 Å². The van der Waals surface area contributed by atoms with Crippen molar-refractivity contribution >= 4 is 17.7 Å². The molecule has 0 spiro atoms. The number of ether oxygens (including phenoxy) is 1. The molecule has 12 heteroatoms. The molecule has 0 aromatic heterocycles. The minimum absolute atomic E-state index is 0.0235. The van der Waals surface area contributed by atoms with Gasteiger partial charge in [-0.1, -0.05) is 0 Å². The highest BCUT2D eigenvalue weighted by Gasteiger charge is 2.66. The lowest BCUT2D eigenvalue weighted by atomic mass is 9.88. The summed E-state index contributed by atoms with van der Waals surface area (Å²) in [4.78, 5) is 15.0. The summed E-state index contributed by atoms with van der Waals surface area (Å²) in [6.07, 6.45) is -7.64. The first-order valence-corrected chi connectivity index (χ1v) is 8.05. The first-order valence-electron chi connectivity index (χ1n) is 7.67. The van der Waals surface area contributed by atoms with E-state index in [0.717, 1.165) is 4.90 Å². The van der Waals surface area contributed by atoms with Gasteiger partial charge >= 0.3 is 5.92 Å². The first-order chi connectivity index (χ1) is 11.6. The Morgan fingerprint density at radius 1 is 1.36 bits per heavy atom. The van der Waals surface area contributed by atoms with Crippen molar-refractivity contribution in [3.8, 4) is 0 Å². The average molecular weight is 391 g/mol. The number of rotatable bonds is 5. The van der Waals surface area contributed by atoms with Gasteiger partial charge in [0.15, 0.2) is 0 Å². The van der Waals surface area contributed by atoms with Crippen LogP contribution < -0.4 is 4.84 Å². The van der Waals surface area contributed by atoms with Crippen LogP contribution in [0.15, 0.2) is 0 Å². The smallest absolute Gasteiger partial charge is 0.320 e. The van der Waals surface area contributed by atoms with Crippen molar-refractivity contribution in [3.63, 3.8) is 0 Å². The van der Waals surface area contributed by atoms with Crippen LogP contribution in [-0.2, 0) is 9.53 Å². The first kappa shape index (κ1) is 20.6. The summed E-state index contributed by atoms with van der Waals surface area (Å²) in [6, 6.07) is -0.865. The van der Waals surface area contributed by atoms with E-state index < -0.39 is 61.2 Å². The van der Waals surface area contributed by atoms with Crippen LogP contribution in [-0.4, -0.2) is 98.2 Å². The van der Waals surface area contributed by atoms with Crippen LogP contribution in [0.25, 0.3) is 0 Å². The zero-order valence-corrected chi connectivity index (χ0v) is 13.8. The minimum atomic E-state index is -4.22. The van der Waals surface area contributed by atoms with Gasteiger partial charge in [-0.25, -0.2) is 4.84 Å². The SMILES string of the molecule is O=C1[C@@H](NCl)CCCN1CC(F)(F)[C@]1(O)O[C@H](CO)[C@H](O)[C@H](O)[C@H]1O. The Morgan fingerprint density at radius 2 is 2.00 bits per heavy atom. The molecule has 146 valence electrons. The van der Waals surface area contributed by atoms with Crippen LogP contribution in [0.2, 0.25) is 0 Å². The van der Waals surface area contributed by atoms with Crippen molar-refractivity contribution in [2.24, 2.45) is 0 Å². The lowest BCUT2D eigenvalue weighted by Crippen LogP contribution is -2.73. The van der Waals surface area contributed by atoms with Gasteiger partial charge in [-0.3, -0.25) is 4.79 Å². The molecule has 0 bridgehead atoms. The Morgan fingerprint density at radius 3 is 2.56 bits per heavy atom. The van der Waals surface area contributed by atoms with Crippen LogP contribution >= 0.6 is 11.8 Å². The Kier molecular flexibility index (Phi) is 6.22. The lowest BCUT2D eigenvalue weighted by molar-refractivity contribution is -0.411. The number of alkyl halides is 2. The number of likely N-dealkylation sites (tertiary alicyclic amines) is 1. The van der Waals surface area contributed by atoms with E-state index in [4.69, 9.17) is 16.9 Å². The zero-order chi connectivity index (χ0) is 19.0. The van der Waals surface area contributed by atoms with Crippen LogP contribution in [0.5, 0.6) is 0 Å². The summed E-state index contributed by atoms with van der Waals surface area (Å²) >= 11 is 5.40. The fourth-order valence-electron chi connectivity index (χ4n) is 3.01. The third-order valence-corrected chi connectivity index (χ3v) is 4.81. The molecule has 6 N–H and O–H groups in total. The molecule has 0 unspecified atom stereocenters. The van der Waals surface area contributed by atoms with Crippen molar-refractivity contribution in [3.05, 3.63) is 0 Å². The monoisotopic (exact) mass is 390 g/mol. The molecule has 2 aliphatic rings. The van der Waals surface area contributed by atoms with E-state index in [9.17, 15) is 34.0 Å². The molecule has 2 saturated heterocycles. The number of aliphatic hydroxyl groups excluding tert-OH is 4. The van der Waals surface area contributed by atoms with Crippen molar-refractivity contribution in [2.45, 2.75) is 55.0 Å². The zero-order valence-electron chi connectivity index (χ0n) is 13.1. The third kappa shape index (κ3) is 3.60. The van der Waals surface area contributed by atoms with Gasteiger partial charge in [-0.15, -0.1) is 0 Å². The van der Waals surface area contributed by atoms with Gasteiger partial charge in [0.05, 0.1) is 13.2 Å². The number of amides is 1. The summed E-state index contributed by atoms with van der Waals surface area (Å²) in [5.74, 6) is -8.54. The number of nitrogens with zero attached hydrogens (tertiary/aromatic N) is 1. The van der Waals surface area contributed by atoms with Crippen LogP contribution in [0.3, 0.4) is 0 Å². The molecule has 0 saturated carbocycles. The van der Waals surface area contributed by atoms with Gasteiger partial charge in [-0.2, -0.15) is 8.78 Å². The molecule has 1 amide bonds. The number of piperidine rings is 1. The largest absolute Gasteiger partial charge is 0.394 e. The van der Waals surface area contributed by atoms with Gasteiger partial charge in [0.25, 0.3) is 5.79 Å². The van der Waals surface area contributed by atoms with Crippen LogP contribution in [0.4, 0.5) is 8.78 Å². The number of carbonyl (C=O) groups excluding carboxylic acids is 1. The van der Waals surface area contributed by atoms with E-state index in [1.165, 1.54) is 0 Å². The Balaban J connectivity index is 2.22. The number of aliphatic hydroxyl groups is 5. The summed E-state index contributed by atoms with van der Waals surface area (Å²) in [7, 11) is 0. The highest BCUT2D eigenvalue weighted by atomic mass is 35.5. The predicted octanol–water partition coefficient (Wildman–Crippen LogP) is -2.48. The van der Waals surface area contributed by atoms with E-state index in [0.29, 0.717) is 12.8 Å². The van der Waals surface area contributed by atoms with Crippen molar-refractivity contribution in [1.82, 2.24) is 9.74 Å². The van der Waals surface area contributed by atoms with E-state index in [1.807, 2.05) is 0 Å².